The van der Waals surface area contributed by atoms with Gasteiger partial charge in [-0.2, -0.15) is 28.3 Å². The molecule has 1 nitrogen and oxygen atoms in total. The molecular weight excluding hydrogens is 255 g/mol. The summed E-state index contributed by atoms with van der Waals surface area (Å²) >= 11 is 8.80. The van der Waals surface area contributed by atoms with Gasteiger partial charge < -0.3 is 0 Å². The fraction of sp³-hybridized carbons (Fsp3) is 0.400. The smallest absolute Gasteiger partial charge is 0.262 e. The van der Waals surface area contributed by atoms with Gasteiger partial charge in [0.05, 0.1) is 0 Å². The number of carbonyl (C=O) groups excluding carboxylic acids is 1. The molecule has 0 bridgehead atoms. The molecule has 0 aliphatic heterocycles. The Kier molecular flexibility index (Phi) is 9.07. The molecule has 0 amide bonds. The molecule has 0 aliphatic rings. The second-order valence-corrected chi connectivity index (χ2v) is 3.87. The van der Waals surface area contributed by atoms with E-state index in [-0.39, 0.29) is 21.7 Å². The Hall–Kier alpha value is 0.314. The largest absolute Gasteiger partial charge is 0.313 e. The second kappa shape index (κ2) is 7.59. The topological polar surface area (TPSA) is 17.1 Å². The molecule has 0 N–H and O–H groups in total. The first kappa shape index (κ1) is 16.7. The molecule has 0 spiro atoms. The predicted octanol–water partition coefficient (Wildman–Crippen LogP) is 4.22. The summed E-state index contributed by atoms with van der Waals surface area (Å²) in [6.45, 7) is 8.68. The van der Waals surface area contributed by atoms with Crippen LogP contribution in [0.3, 0.4) is 0 Å². The molecule has 1 rings (SSSR count). The second-order valence-electron chi connectivity index (χ2n) is 2.99. The van der Waals surface area contributed by atoms with Crippen molar-refractivity contribution >= 4 is 27.9 Å². The first-order valence-corrected chi connectivity index (χ1v) is 4.67. The molecule has 0 saturated heterocycles. The predicted molar refractivity (Wildman–Crippen MR) is 58.1 cm³/mol. The van der Waals surface area contributed by atoms with Crippen LogP contribution >= 0.6 is 23.2 Å². The summed E-state index contributed by atoms with van der Waals surface area (Å²) < 4.78 is -0.889. The molecule has 1 aromatic carbocycles. The van der Waals surface area contributed by atoms with E-state index in [1.54, 1.807) is 0 Å². The average molecular weight is 268 g/mol. The van der Waals surface area contributed by atoms with Gasteiger partial charge in [-0.1, -0.05) is 27.7 Å². The molecule has 0 aromatic heterocycles. The Morgan fingerprint density at radius 1 is 1.29 bits per heavy atom. The summed E-state index contributed by atoms with van der Waals surface area (Å²) in [6.07, 6.45) is 0. The zero-order valence-electron chi connectivity index (χ0n) is 8.74. The zero-order chi connectivity index (χ0) is 10.6. The fourth-order valence-corrected chi connectivity index (χ4v) is 1.13. The van der Waals surface area contributed by atoms with Crippen LogP contribution in [0.25, 0.3) is 0 Å². The van der Waals surface area contributed by atoms with Crippen LogP contribution in [0.5, 0.6) is 0 Å². The van der Waals surface area contributed by atoms with Crippen molar-refractivity contribution in [3.8, 4) is 0 Å². The molecule has 0 unspecified atom stereocenters. The molecule has 1 aromatic rings. The van der Waals surface area contributed by atoms with Crippen LogP contribution in [0, 0.1) is 27.7 Å². The van der Waals surface area contributed by atoms with Crippen molar-refractivity contribution in [1.82, 2.24) is 0 Å². The summed E-state index contributed by atoms with van der Waals surface area (Å²) in [6, 6.07) is 2.24. The standard InChI is InChI=1S/C9H13.CCl2O.Ti/c1-6-5-7(2)9(4)8(6)3;2-1(3)4;/h5H,1-4H3;;/q-1;;. The van der Waals surface area contributed by atoms with Gasteiger partial charge in [-0.15, -0.1) is 0 Å². The summed E-state index contributed by atoms with van der Waals surface area (Å²) in [7, 11) is 0. The Bertz CT molecular complexity index is 279. The van der Waals surface area contributed by atoms with Crippen LogP contribution in [0.15, 0.2) is 6.07 Å². The van der Waals surface area contributed by atoms with Crippen molar-refractivity contribution in [1.29, 1.82) is 0 Å². The SMILES string of the molecule is Cc1c[c-](C)c(C)c1C.O=C(Cl)Cl.[Ti]. The number of halogens is 2. The van der Waals surface area contributed by atoms with Crippen LogP contribution < -0.4 is 0 Å². The molecule has 0 aliphatic carbocycles. The first-order valence-electron chi connectivity index (χ1n) is 3.91. The van der Waals surface area contributed by atoms with E-state index in [1.807, 2.05) is 0 Å². The molecule has 0 radical (unpaired) electrons. The van der Waals surface area contributed by atoms with Gasteiger partial charge in [-0.05, 0) is 23.2 Å². The Morgan fingerprint density at radius 2 is 1.64 bits per heavy atom. The molecule has 0 heterocycles. The van der Waals surface area contributed by atoms with Gasteiger partial charge in [-0.25, -0.2) is 0 Å². The monoisotopic (exact) mass is 267 g/mol. The minimum absolute atomic E-state index is 0. The van der Waals surface area contributed by atoms with Crippen molar-refractivity contribution < 1.29 is 26.5 Å². The summed E-state index contributed by atoms with van der Waals surface area (Å²) in [5.74, 6) is 0. The van der Waals surface area contributed by atoms with Gasteiger partial charge in [0.15, 0.2) is 0 Å². The minimum Gasteiger partial charge on any atom is -0.262 e. The summed E-state index contributed by atoms with van der Waals surface area (Å²) in [5.41, 5.74) is 5.75. The molecular formula is C10H13Cl2OTi-. The van der Waals surface area contributed by atoms with Crippen LogP contribution in [0.4, 0.5) is 4.79 Å². The molecule has 14 heavy (non-hydrogen) atoms. The van der Waals surface area contributed by atoms with Gasteiger partial charge in [0.2, 0.25) is 0 Å². The zero-order valence-corrected chi connectivity index (χ0v) is 11.8. The average Bonchev–Trinajstić information content (AvgIpc) is 2.17. The maximum Gasteiger partial charge on any atom is 0.313 e. The van der Waals surface area contributed by atoms with Crippen molar-refractivity contribution in [2.45, 2.75) is 27.7 Å². The molecule has 78 valence electrons. The Morgan fingerprint density at radius 3 is 1.71 bits per heavy atom. The van der Waals surface area contributed by atoms with E-state index in [4.69, 9.17) is 4.79 Å². The first-order chi connectivity index (χ1) is 5.86. The van der Waals surface area contributed by atoms with E-state index in [0.29, 0.717) is 0 Å². The van der Waals surface area contributed by atoms with Gasteiger partial charge >= 0.3 is 4.70 Å². The van der Waals surface area contributed by atoms with E-state index in [1.165, 1.54) is 22.3 Å². The van der Waals surface area contributed by atoms with E-state index in [0.717, 1.165) is 0 Å². The third-order valence-corrected chi connectivity index (χ3v) is 2.18. The van der Waals surface area contributed by atoms with E-state index >= 15 is 0 Å². The van der Waals surface area contributed by atoms with Crippen LogP contribution in [0.1, 0.15) is 22.3 Å². The van der Waals surface area contributed by atoms with E-state index in [2.05, 4.69) is 57.0 Å². The molecule has 0 fully saturated rings. The van der Waals surface area contributed by atoms with Gasteiger partial charge in [0.25, 0.3) is 0 Å². The minimum atomic E-state index is -0.889. The number of hydrogen-bond acceptors (Lipinski definition) is 1. The number of carbonyl (C=O) groups is 1. The van der Waals surface area contributed by atoms with Crippen molar-refractivity contribution in [2.75, 3.05) is 0 Å². The fourth-order valence-electron chi connectivity index (χ4n) is 1.13. The molecule has 0 saturated carbocycles. The summed E-state index contributed by atoms with van der Waals surface area (Å²) in [4.78, 5) is 8.98. The number of rotatable bonds is 0. The third kappa shape index (κ3) is 5.92. The Labute approximate surface area is 110 Å². The van der Waals surface area contributed by atoms with Crippen molar-refractivity contribution in [2.24, 2.45) is 0 Å². The number of hydrogen-bond donors (Lipinski definition) is 0. The van der Waals surface area contributed by atoms with Crippen molar-refractivity contribution in [3.05, 3.63) is 28.3 Å². The summed E-state index contributed by atoms with van der Waals surface area (Å²) in [5, 5.41) is 0. The van der Waals surface area contributed by atoms with Crippen LogP contribution in [-0.2, 0) is 21.7 Å². The van der Waals surface area contributed by atoms with E-state index < -0.39 is 4.70 Å². The van der Waals surface area contributed by atoms with E-state index in [9.17, 15) is 0 Å². The van der Waals surface area contributed by atoms with Gasteiger partial charge in [0, 0.05) is 21.7 Å². The molecule has 4 heteroatoms. The quantitative estimate of drug-likeness (QED) is 0.391. The van der Waals surface area contributed by atoms with Crippen molar-refractivity contribution in [3.63, 3.8) is 0 Å². The normalized spacial score (nSPS) is 8.43. The maximum absolute atomic E-state index is 8.98. The van der Waals surface area contributed by atoms with Crippen LogP contribution in [0.2, 0.25) is 0 Å². The third-order valence-electron chi connectivity index (χ3n) is 2.18. The Balaban J connectivity index is 0. The van der Waals surface area contributed by atoms with Gasteiger partial charge in [-0.3, -0.25) is 4.79 Å². The van der Waals surface area contributed by atoms with Gasteiger partial charge in [0.1, 0.15) is 0 Å². The maximum atomic E-state index is 8.98. The van der Waals surface area contributed by atoms with Crippen LogP contribution in [-0.4, -0.2) is 4.70 Å². The number of aryl methyl sites for hydroxylation is 2. The molecule has 0 atom stereocenters.